The van der Waals surface area contributed by atoms with Crippen LogP contribution in [-0.4, -0.2) is 17.6 Å². The van der Waals surface area contributed by atoms with E-state index in [2.05, 4.69) is 9.72 Å². The quantitative estimate of drug-likeness (QED) is 0.484. The molecule has 0 N–H and O–H groups in total. The number of rotatable bonds is 4. The highest BCUT2D eigenvalue weighted by Crippen LogP contribution is 2.29. The summed E-state index contributed by atoms with van der Waals surface area (Å²) in [5.41, 5.74) is -1.84. The van der Waals surface area contributed by atoms with E-state index < -0.39 is 35.8 Å². The molecule has 0 spiro atoms. The van der Waals surface area contributed by atoms with Gasteiger partial charge < -0.3 is 4.74 Å². The number of carbonyl (C=O) groups is 1. The fourth-order valence-electron chi connectivity index (χ4n) is 1.19. The Morgan fingerprint density at radius 1 is 1.44 bits per heavy atom. The van der Waals surface area contributed by atoms with Crippen LogP contribution >= 0.6 is 11.6 Å². The molecule has 0 amide bonds. The fraction of sp³-hybridized carbons (Fsp3) is 0.333. The Bertz CT molecular complexity index is 449. The Balaban J connectivity index is 3.32. The largest absolute Gasteiger partial charge is 0.574 e. The third-order valence-electron chi connectivity index (χ3n) is 1.84. The van der Waals surface area contributed by atoms with Crippen molar-refractivity contribution in [3.63, 3.8) is 0 Å². The molecular weight excluding hydrogens is 285 g/mol. The van der Waals surface area contributed by atoms with E-state index in [1.807, 2.05) is 0 Å². The van der Waals surface area contributed by atoms with E-state index in [1.165, 1.54) is 0 Å². The average Bonchev–Trinajstić information content (AvgIpc) is 2.25. The van der Waals surface area contributed by atoms with Gasteiger partial charge in [-0.2, -0.15) is 0 Å². The number of aldehydes is 1. The lowest BCUT2D eigenvalue weighted by molar-refractivity contribution is -0.276. The summed E-state index contributed by atoms with van der Waals surface area (Å²) in [6.07, 6.45) is -8.23. The van der Waals surface area contributed by atoms with E-state index in [0.717, 1.165) is 0 Å². The van der Waals surface area contributed by atoms with Crippen molar-refractivity contribution in [3.8, 4) is 5.88 Å². The number of hydrogen-bond acceptors (Lipinski definition) is 3. The molecule has 0 fully saturated rings. The minimum absolute atomic E-state index is 0.0591. The fourth-order valence-corrected chi connectivity index (χ4v) is 1.41. The molecule has 9 heteroatoms. The highest BCUT2D eigenvalue weighted by molar-refractivity contribution is 6.17. The molecule has 0 aromatic carbocycles. The van der Waals surface area contributed by atoms with Crippen LogP contribution in [0.1, 0.15) is 28.0 Å². The number of hydrogen-bond donors (Lipinski definition) is 0. The molecule has 0 bridgehead atoms. The van der Waals surface area contributed by atoms with Crippen LogP contribution < -0.4 is 4.74 Å². The second kappa shape index (κ2) is 5.47. The first-order chi connectivity index (χ1) is 8.28. The number of pyridine rings is 1. The molecule has 0 aliphatic carbocycles. The summed E-state index contributed by atoms with van der Waals surface area (Å²) in [5, 5.41) is 0. The molecule has 0 atom stereocenters. The van der Waals surface area contributed by atoms with E-state index in [1.54, 1.807) is 0 Å². The zero-order chi connectivity index (χ0) is 13.9. The summed E-state index contributed by atoms with van der Waals surface area (Å²) in [6.45, 7) is 0. The van der Waals surface area contributed by atoms with Gasteiger partial charge in [-0.1, -0.05) is 0 Å². The molecule has 1 aromatic rings. The summed E-state index contributed by atoms with van der Waals surface area (Å²) in [6, 6.07) is 0.691. The number of halogens is 6. The smallest absolute Gasteiger partial charge is 0.388 e. The summed E-state index contributed by atoms with van der Waals surface area (Å²) < 4.78 is 64.3. The van der Waals surface area contributed by atoms with Gasteiger partial charge in [0.15, 0.2) is 6.29 Å². The highest BCUT2D eigenvalue weighted by Gasteiger charge is 2.33. The van der Waals surface area contributed by atoms with Crippen molar-refractivity contribution < 1.29 is 31.5 Å². The number of ether oxygens (including phenoxy) is 1. The maximum atomic E-state index is 12.5. The molecule has 1 heterocycles. The van der Waals surface area contributed by atoms with Crippen molar-refractivity contribution >= 4 is 17.9 Å². The maximum absolute atomic E-state index is 12.5. The Morgan fingerprint density at radius 2 is 2.06 bits per heavy atom. The monoisotopic (exact) mass is 289 g/mol. The van der Waals surface area contributed by atoms with Crippen LogP contribution in [0.5, 0.6) is 5.88 Å². The molecule has 1 rings (SSSR count). The maximum Gasteiger partial charge on any atom is 0.574 e. The van der Waals surface area contributed by atoms with Gasteiger partial charge >= 0.3 is 6.36 Å². The van der Waals surface area contributed by atoms with E-state index >= 15 is 0 Å². The van der Waals surface area contributed by atoms with E-state index in [-0.39, 0.29) is 11.8 Å². The predicted octanol–water partition coefficient (Wildman–Crippen LogP) is 3.47. The van der Waals surface area contributed by atoms with Crippen molar-refractivity contribution in [2.75, 3.05) is 0 Å². The van der Waals surface area contributed by atoms with Gasteiger partial charge in [0.2, 0.25) is 5.88 Å². The lowest BCUT2D eigenvalue weighted by Crippen LogP contribution is -2.19. The first-order valence-corrected chi connectivity index (χ1v) is 4.90. The minimum atomic E-state index is -5.07. The van der Waals surface area contributed by atoms with Gasteiger partial charge in [-0.15, -0.1) is 24.8 Å². The van der Waals surface area contributed by atoms with Crippen LogP contribution in [0, 0.1) is 0 Å². The van der Waals surface area contributed by atoms with E-state index in [4.69, 9.17) is 11.6 Å². The van der Waals surface area contributed by atoms with E-state index in [0.29, 0.717) is 6.07 Å². The third-order valence-corrected chi connectivity index (χ3v) is 2.13. The second-order valence-electron chi connectivity index (χ2n) is 3.02. The van der Waals surface area contributed by atoms with Crippen LogP contribution in [0.3, 0.4) is 0 Å². The predicted molar refractivity (Wildman–Crippen MR) is 50.8 cm³/mol. The van der Waals surface area contributed by atoms with Crippen molar-refractivity contribution in [1.29, 1.82) is 0 Å². The molecule has 1 aromatic heterocycles. The van der Waals surface area contributed by atoms with Gasteiger partial charge in [0.1, 0.15) is 5.69 Å². The second-order valence-corrected chi connectivity index (χ2v) is 3.29. The lowest BCUT2D eigenvalue weighted by atomic mass is 10.1. The van der Waals surface area contributed by atoms with Gasteiger partial charge in [-0.05, 0) is 5.56 Å². The van der Waals surface area contributed by atoms with Gasteiger partial charge in [0.25, 0.3) is 6.43 Å². The summed E-state index contributed by atoms with van der Waals surface area (Å²) in [4.78, 5) is 13.6. The number of alkyl halides is 6. The first kappa shape index (κ1) is 14.6. The standard InChI is InChI=1S/C9H5ClF5NO2/c10-2-4-1-6(18-9(13,14)15)16-7(8(11)12)5(4)3-17/h1,3,8H,2H2. The van der Waals surface area contributed by atoms with Crippen LogP contribution in [-0.2, 0) is 5.88 Å². The Kier molecular flexibility index (Phi) is 4.44. The van der Waals surface area contributed by atoms with Crippen LogP contribution in [0.4, 0.5) is 22.0 Å². The van der Waals surface area contributed by atoms with E-state index in [9.17, 15) is 26.7 Å². The first-order valence-electron chi connectivity index (χ1n) is 4.37. The van der Waals surface area contributed by atoms with Gasteiger partial charge in [-0.25, -0.2) is 13.8 Å². The number of carbonyl (C=O) groups excluding carboxylic acids is 1. The summed E-state index contributed by atoms with van der Waals surface area (Å²) in [5.74, 6) is -1.51. The third kappa shape index (κ3) is 3.52. The Labute approximate surface area is 103 Å². The molecule has 0 saturated carbocycles. The lowest BCUT2D eigenvalue weighted by Gasteiger charge is -2.12. The summed E-state index contributed by atoms with van der Waals surface area (Å²) >= 11 is 5.36. The number of nitrogens with zero attached hydrogens (tertiary/aromatic N) is 1. The molecule has 100 valence electrons. The Hall–Kier alpha value is -1.44. The van der Waals surface area contributed by atoms with Crippen molar-refractivity contribution in [2.24, 2.45) is 0 Å². The topological polar surface area (TPSA) is 39.2 Å². The van der Waals surface area contributed by atoms with Gasteiger partial charge in [-0.3, -0.25) is 4.79 Å². The van der Waals surface area contributed by atoms with Crippen molar-refractivity contribution in [3.05, 3.63) is 22.9 Å². The number of aromatic nitrogens is 1. The van der Waals surface area contributed by atoms with Gasteiger partial charge in [0.05, 0.1) is 0 Å². The van der Waals surface area contributed by atoms with Crippen LogP contribution in [0.2, 0.25) is 0 Å². The van der Waals surface area contributed by atoms with Crippen molar-refractivity contribution in [2.45, 2.75) is 18.7 Å². The zero-order valence-electron chi connectivity index (χ0n) is 8.47. The SMILES string of the molecule is O=Cc1c(CCl)cc(OC(F)(F)F)nc1C(F)F. The minimum Gasteiger partial charge on any atom is -0.388 e. The molecule has 0 aliphatic rings. The molecule has 0 unspecified atom stereocenters. The Morgan fingerprint density at radius 3 is 2.44 bits per heavy atom. The van der Waals surface area contributed by atoms with Crippen molar-refractivity contribution in [1.82, 2.24) is 4.98 Å². The molecule has 0 aliphatic heterocycles. The normalized spacial score (nSPS) is 11.7. The molecule has 0 radical (unpaired) electrons. The molecule has 18 heavy (non-hydrogen) atoms. The molecule has 0 saturated heterocycles. The molecule has 3 nitrogen and oxygen atoms in total. The average molecular weight is 290 g/mol. The van der Waals surface area contributed by atoms with Crippen LogP contribution in [0.25, 0.3) is 0 Å². The zero-order valence-corrected chi connectivity index (χ0v) is 9.23. The molecular formula is C9H5ClF5NO2. The van der Waals surface area contributed by atoms with Gasteiger partial charge in [0, 0.05) is 17.5 Å². The summed E-state index contributed by atoms with van der Waals surface area (Å²) in [7, 11) is 0. The van der Waals surface area contributed by atoms with Crippen LogP contribution in [0.15, 0.2) is 6.07 Å². The highest BCUT2D eigenvalue weighted by atomic mass is 35.5.